The van der Waals surface area contributed by atoms with E-state index in [4.69, 9.17) is 0 Å². The van der Waals surface area contributed by atoms with Crippen molar-refractivity contribution in [2.45, 2.75) is 11.9 Å². The van der Waals surface area contributed by atoms with Crippen LogP contribution in [0.4, 0.5) is 5.82 Å². The summed E-state index contributed by atoms with van der Waals surface area (Å²) in [5, 5.41) is 7.21. The second kappa shape index (κ2) is 6.76. The molecule has 3 aromatic rings. The second-order valence-electron chi connectivity index (χ2n) is 4.85. The zero-order valence-corrected chi connectivity index (χ0v) is 13.7. The molecule has 126 valence electrons. The van der Waals surface area contributed by atoms with Crippen LogP contribution in [-0.4, -0.2) is 51.2 Å². The summed E-state index contributed by atoms with van der Waals surface area (Å²) in [5.74, 6) is 1.81. The third kappa shape index (κ3) is 3.75. The minimum absolute atomic E-state index is 0.0290. The summed E-state index contributed by atoms with van der Waals surface area (Å²) in [7, 11) is -3.58. The van der Waals surface area contributed by atoms with Gasteiger partial charge < -0.3 is 10.3 Å². The van der Waals surface area contributed by atoms with E-state index in [0.717, 1.165) is 0 Å². The van der Waals surface area contributed by atoms with Crippen LogP contribution in [0.2, 0.25) is 0 Å². The van der Waals surface area contributed by atoms with Crippen molar-refractivity contribution in [3.05, 3.63) is 42.9 Å². The third-order valence-corrected chi connectivity index (χ3v) is 4.44. The minimum atomic E-state index is -3.58. The van der Waals surface area contributed by atoms with Gasteiger partial charge in [0.1, 0.15) is 11.6 Å². The van der Waals surface area contributed by atoms with Crippen LogP contribution >= 0.6 is 0 Å². The first-order valence-electron chi connectivity index (χ1n) is 7.12. The van der Waals surface area contributed by atoms with Crippen LogP contribution in [0.5, 0.6) is 0 Å². The van der Waals surface area contributed by atoms with E-state index in [0.29, 0.717) is 24.0 Å². The summed E-state index contributed by atoms with van der Waals surface area (Å²) in [6, 6.07) is 3.54. The van der Waals surface area contributed by atoms with Crippen molar-refractivity contribution >= 4 is 15.8 Å². The molecule has 0 aromatic carbocycles. The molecule has 0 aliphatic carbocycles. The maximum absolute atomic E-state index is 11.9. The van der Waals surface area contributed by atoms with E-state index in [9.17, 15) is 8.42 Å². The molecule has 3 aromatic heterocycles. The van der Waals surface area contributed by atoms with Gasteiger partial charge in [0.05, 0.1) is 12.5 Å². The highest BCUT2D eigenvalue weighted by Crippen LogP contribution is 2.10. The Balaban J connectivity index is 1.59. The molecule has 0 radical (unpaired) electrons. The lowest BCUT2D eigenvalue weighted by Gasteiger charge is -2.09. The van der Waals surface area contributed by atoms with E-state index < -0.39 is 10.0 Å². The number of aromatic amines is 1. The predicted octanol–water partition coefficient (Wildman–Crippen LogP) is 0.0842. The first kappa shape index (κ1) is 16.1. The molecule has 3 heterocycles. The molecule has 0 saturated heterocycles. The zero-order valence-electron chi connectivity index (χ0n) is 12.8. The minimum Gasteiger partial charge on any atom is -0.369 e. The van der Waals surface area contributed by atoms with Crippen molar-refractivity contribution in [3.8, 4) is 5.82 Å². The van der Waals surface area contributed by atoms with E-state index in [1.54, 1.807) is 36.1 Å². The monoisotopic (exact) mass is 348 g/mol. The smallest absolute Gasteiger partial charge is 0.257 e. The molecule has 0 spiro atoms. The van der Waals surface area contributed by atoms with Gasteiger partial charge in [0.2, 0.25) is 0 Å². The van der Waals surface area contributed by atoms with Gasteiger partial charge in [-0.2, -0.15) is 5.10 Å². The van der Waals surface area contributed by atoms with Crippen molar-refractivity contribution in [1.29, 1.82) is 0 Å². The van der Waals surface area contributed by atoms with E-state index in [-0.39, 0.29) is 11.6 Å². The topological polar surface area (TPSA) is 130 Å². The fourth-order valence-corrected chi connectivity index (χ4v) is 2.94. The molecule has 3 N–H and O–H groups in total. The molecule has 0 unspecified atom stereocenters. The molecular formula is C13H16N8O2S. The fourth-order valence-electron chi connectivity index (χ4n) is 2.01. The summed E-state index contributed by atoms with van der Waals surface area (Å²) in [5.41, 5.74) is 0. The Morgan fingerprint density at radius 3 is 2.88 bits per heavy atom. The number of aromatic nitrogens is 6. The van der Waals surface area contributed by atoms with Gasteiger partial charge in [0.25, 0.3) is 10.0 Å². The van der Waals surface area contributed by atoms with E-state index >= 15 is 0 Å². The number of aryl methyl sites for hydroxylation is 1. The number of sulfonamides is 1. The van der Waals surface area contributed by atoms with Crippen molar-refractivity contribution in [3.63, 3.8) is 0 Å². The number of anilines is 1. The van der Waals surface area contributed by atoms with Crippen LogP contribution in [0.25, 0.3) is 5.82 Å². The molecule has 0 saturated carbocycles. The average molecular weight is 348 g/mol. The summed E-state index contributed by atoms with van der Waals surface area (Å²) in [6.45, 7) is 2.34. The normalized spacial score (nSPS) is 11.5. The van der Waals surface area contributed by atoms with Gasteiger partial charge in [-0.15, -0.1) is 0 Å². The van der Waals surface area contributed by atoms with E-state index in [2.05, 4.69) is 35.1 Å². The number of nitrogens with one attached hydrogen (secondary N) is 3. The number of H-pyrrole nitrogens is 1. The highest BCUT2D eigenvalue weighted by Gasteiger charge is 2.14. The Morgan fingerprint density at radius 1 is 1.29 bits per heavy atom. The van der Waals surface area contributed by atoms with Crippen molar-refractivity contribution in [2.24, 2.45) is 0 Å². The van der Waals surface area contributed by atoms with Crippen LogP contribution < -0.4 is 10.0 Å². The second-order valence-corrected chi connectivity index (χ2v) is 6.59. The van der Waals surface area contributed by atoms with Crippen LogP contribution in [0.15, 0.2) is 42.1 Å². The van der Waals surface area contributed by atoms with E-state index in [1.165, 1.54) is 12.5 Å². The molecule has 3 rings (SSSR count). The summed E-state index contributed by atoms with van der Waals surface area (Å²) >= 11 is 0. The summed E-state index contributed by atoms with van der Waals surface area (Å²) in [6.07, 6.45) is 6.01. The predicted molar refractivity (Wildman–Crippen MR) is 86.2 cm³/mol. The fraction of sp³-hybridized carbons (Fsp3) is 0.231. The highest BCUT2D eigenvalue weighted by molar-refractivity contribution is 7.89. The number of hydrogen-bond donors (Lipinski definition) is 3. The molecule has 0 aliphatic heterocycles. The standard InChI is InChI=1S/C13H16N8O2S/c1-10-19-11(7-12(20-10)21-6-2-3-17-21)15-4-5-18-24(22,23)13-8-14-9-16-13/h2-3,6-9,18H,4-5H2,1H3,(H,14,16)(H,15,19,20). The lowest BCUT2D eigenvalue weighted by Crippen LogP contribution is -2.29. The third-order valence-electron chi connectivity index (χ3n) is 3.05. The Kier molecular flexibility index (Phi) is 4.53. The summed E-state index contributed by atoms with van der Waals surface area (Å²) < 4.78 is 27.9. The highest BCUT2D eigenvalue weighted by atomic mass is 32.2. The van der Waals surface area contributed by atoms with Crippen LogP contribution in [0.3, 0.4) is 0 Å². The number of hydrogen-bond acceptors (Lipinski definition) is 7. The SMILES string of the molecule is Cc1nc(NCCNS(=O)(=O)c2cnc[nH]2)cc(-n2cccn2)n1. The molecule has 24 heavy (non-hydrogen) atoms. The quantitative estimate of drug-likeness (QED) is 0.516. The molecule has 0 atom stereocenters. The first-order chi connectivity index (χ1) is 11.5. The van der Waals surface area contributed by atoms with Crippen LogP contribution in [-0.2, 0) is 10.0 Å². The first-order valence-corrected chi connectivity index (χ1v) is 8.60. The molecule has 0 aliphatic rings. The van der Waals surface area contributed by atoms with E-state index in [1.807, 2.05) is 0 Å². The molecule has 0 bridgehead atoms. The molecule has 0 fully saturated rings. The van der Waals surface area contributed by atoms with Crippen LogP contribution in [0.1, 0.15) is 5.82 Å². The molecule has 10 nitrogen and oxygen atoms in total. The zero-order chi connectivity index (χ0) is 17.0. The largest absolute Gasteiger partial charge is 0.369 e. The van der Waals surface area contributed by atoms with Crippen molar-refractivity contribution < 1.29 is 8.42 Å². The number of rotatable bonds is 7. The Labute approximate surface area is 138 Å². The van der Waals surface area contributed by atoms with Gasteiger partial charge in [-0.3, -0.25) is 0 Å². The van der Waals surface area contributed by atoms with Crippen molar-refractivity contribution in [1.82, 2.24) is 34.4 Å². The number of imidazole rings is 1. The maximum atomic E-state index is 11.9. The molecular weight excluding hydrogens is 332 g/mol. The van der Waals surface area contributed by atoms with Gasteiger partial charge in [-0.1, -0.05) is 0 Å². The van der Waals surface area contributed by atoms with Crippen molar-refractivity contribution in [2.75, 3.05) is 18.4 Å². The lowest BCUT2D eigenvalue weighted by atomic mass is 10.4. The number of nitrogens with zero attached hydrogens (tertiary/aromatic N) is 5. The van der Waals surface area contributed by atoms with Crippen LogP contribution in [0, 0.1) is 6.92 Å². The average Bonchev–Trinajstić information content (AvgIpc) is 3.23. The maximum Gasteiger partial charge on any atom is 0.257 e. The van der Waals surface area contributed by atoms with Gasteiger partial charge in [0.15, 0.2) is 10.8 Å². The van der Waals surface area contributed by atoms with Gasteiger partial charge >= 0.3 is 0 Å². The Bertz CT molecular complexity index is 890. The Hall–Kier alpha value is -2.79. The lowest BCUT2D eigenvalue weighted by molar-refractivity contribution is 0.579. The molecule has 0 amide bonds. The Morgan fingerprint density at radius 2 is 2.17 bits per heavy atom. The van der Waals surface area contributed by atoms with Gasteiger partial charge in [0, 0.05) is 31.5 Å². The van der Waals surface area contributed by atoms with Gasteiger partial charge in [-0.05, 0) is 13.0 Å². The molecule has 11 heteroatoms. The summed E-state index contributed by atoms with van der Waals surface area (Å²) in [4.78, 5) is 14.8. The van der Waals surface area contributed by atoms with Gasteiger partial charge in [-0.25, -0.2) is 32.8 Å².